The van der Waals surface area contributed by atoms with Crippen molar-refractivity contribution in [3.63, 3.8) is 0 Å². The molecule has 0 aromatic carbocycles. The number of hydrogen-bond donors (Lipinski definition) is 1. The molecule has 502 valence electrons. The molecule has 0 bridgehead atoms. The number of nitrogens with zero attached hydrogens (tertiary/aromatic N) is 1. The van der Waals surface area contributed by atoms with Gasteiger partial charge in [0.1, 0.15) is 19.3 Å². The number of quaternary nitrogens is 1. The molecule has 3 unspecified atom stereocenters. The maximum absolute atomic E-state index is 13.6. The van der Waals surface area contributed by atoms with Gasteiger partial charge in [0.15, 0.2) is 0 Å². The number of phosphoric acid groups is 1. The lowest BCUT2D eigenvalue weighted by Gasteiger charge is -2.30. The summed E-state index contributed by atoms with van der Waals surface area (Å²) in [5, 5.41) is 3.04. The molecule has 9 nitrogen and oxygen atoms in total. The average molecular weight is 1230 g/mol. The van der Waals surface area contributed by atoms with E-state index in [1.54, 1.807) is 0 Å². The maximum Gasteiger partial charge on any atom is 0.306 e. The molecule has 0 aromatic heterocycles. The molecule has 0 saturated heterocycles. The van der Waals surface area contributed by atoms with Gasteiger partial charge in [0.25, 0.3) is 7.82 Å². The lowest BCUT2D eigenvalue weighted by molar-refractivity contribution is -0.870. The van der Waals surface area contributed by atoms with Gasteiger partial charge < -0.3 is 28.5 Å². The van der Waals surface area contributed by atoms with Crippen LogP contribution in [0, 0.1) is 0 Å². The van der Waals surface area contributed by atoms with Crippen LogP contribution in [-0.2, 0) is 27.9 Å². The predicted octanol–water partition coefficient (Wildman–Crippen LogP) is 22.6. The number of phosphoric ester groups is 1. The van der Waals surface area contributed by atoms with Crippen LogP contribution in [-0.4, -0.2) is 69.4 Å². The third-order valence-electron chi connectivity index (χ3n) is 15.7. The van der Waals surface area contributed by atoms with E-state index >= 15 is 0 Å². The zero-order valence-corrected chi connectivity index (χ0v) is 58.3. The van der Waals surface area contributed by atoms with Crippen LogP contribution >= 0.6 is 7.82 Å². The van der Waals surface area contributed by atoms with Crippen LogP contribution in [0.5, 0.6) is 0 Å². The maximum atomic E-state index is 13.6. The summed E-state index contributed by atoms with van der Waals surface area (Å²) >= 11 is 0. The number of rotatable bonds is 65. The monoisotopic (exact) mass is 1230 g/mol. The Kier molecular flexibility index (Phi) is 63.1. The summed E-state index contributed by atoms with van der Waals surface area (Å²) in [7, 11) is 1.17. The zero-order chi connectivity index (χ0) is 63.5. The number of carbonyl (C=O) groups excluding carboxylic acids is 2. The highest BCUT2D eigenvalue weighted by Gasteiger charge is 2.27. The number of amides is 1. The normalized spacial score (nSPS) is 14.1. The second kappa shape index (κ2) is 65.6. The molecule has 10 heteroatoms. The van der Waals surface area contributed by atoms with Crippen LogP contribution in [0.15, 0.2) is 109 Å². The molecule has 0 spiro atoms. The van der Waals surface area contributed by atoms with Crippen LogP contribution in [0.4, 0.5) is 0 Å². The SMILES string of the molecule is CC/C=C\C/C=C\C/C=C\C/C=C\C/C=C\C/C=C\CCCCCCCCC(=O)OC(/C=C/CCCCCCCCCCCCC)C(COP(=O)([O-])OCC[N+](C)(C)C)NC(=O)CCCCCCCCCCCCCCC/C=C\C/C=C\CCCCC. The Labute approximate surface area is 538 Å². The van der Waals surface area contributed by atoms with Crippen molar-refractivity contribution in [1.29, 1.82) is 0 Å². The third-order valence-corrected chi connectivity index (χ3v) is 16.7. The topological polar surface area (TPSA) is 114 Å². The molecule has 1 amide bonds. The van der Waals surface area contributed by atoms with Gasteiger partial charge in [-0.2, -0.15) is 0 Å². The summed E-state index contributed by atoms with van der Waals surface area (Å²) in [6, 6.07) is -0.903. The number of esters is 1. The van der Waals surface area contributed by atoms with Crippen molar-refractivity contribution in [2.24, 2.45) is 0 Å². The molecule has 87 heavy (non-hydrogen) atoms. The quantitative estimate of drug-likeness (QED) is 0.0212. The van der Waals surface area contributed by atoms with Gasteiger partial charge in [0.05, 0.1) is 33.8 Å². The summed E-state index contributed by atoms with van der Waals surface area (Å²) in [6.07, 6.45) is 90.6. The Morgan fingerprint density at radius 2 is 0.736 bits per heavy atom. The molecule has 0 saturated carbocycles. The summed E-state index contributed by atoms with van der Waals surface area (Å²) in [4.78, 5) is 40.2. The number of hydrogen-bond acceptors (Lipinski definition) is 7. The smallest absolute Gasteiger partial charge is 0.306 e. The Bertz CT molecular complexity index is 1860. The minimum absolute atomic E-state index is 0.0292. The molecule has 0 aliphatic heterocycles. The lowest BCUT2D eigenvalue weighted by Crippen LogP contribution is -2.47. The second-order valence-electron chi connectivity index (χ2n) is 25.4. The van der Waals surface area contributed by atoms with Crippen molar-refractivity contribution in [1.82, 2.24) is 5.32 Å². The first kappa shape index (κ1) is 83.7. The van der Waals surface area contributed by atoms with Gasteiger partial charge >= 0.3 is 5.97 Å². The minimum Gasteiger partial charge on any atom is -0.756 e. The van der Waals surface area contributed by atoms with Crippen LogP contribution in [0.1, 0.15) is 316 Å². The highest BCUT2D eigenvalue weighted by atomic mass is 31.2. The Morgan fingerprint density at radius 3 is 1.13 bits per heavy atom. The average Bonchev–Trinajstić information content (AvgIpc) is 3.70. The van der Waals surface area contributed by atoms with E-state index in [1.165, 1.54) is 154 Å². The van der Waals surface area contributed by atoms with E-state index in [-0.39, 0.29) is 24.9 Å². The summed E-state index contributed by atoms with van der Waals surface area (Å²) < 4.78 is 30.5. The van der Waals surface area contributed by atoms with Crippen molar-refractivity contribution in [2.45, 2.75) is 328 Å². The fourth-order valence-corrected chi connectivity index (χ4v) is 10.9. The van der Waals surface area contributed by atoms with E-state index in [0.29, 0.717) is 23.9 Å². The van der Waals surface area contributed by atoms with Gasteiger partial charge in [-0.25, -0.2) is 0 Å². The van der Waals surface area contributed by atoms with E-state index in [1.807, 2.05) is 33.3 Å². The molecule has 0 rings (SSSR count). The first-order valence-corrected chi connectivity index (χ1v) is 37.7. The fourth-order valence-electron chi connectivity index (χ4n) is 10.1. The fraction of sp³-hybridized carbons (Fsp3) is 0.740. The van der Waals surface area contributed by atoms with Crippen LogP contribution in [0.25, 0.3) is 0 Å². The van der Waals surface area contributed by atoms with Gasteiger partial charge in [-0.3, -0.25) is 14.2 Å². The summed E-state index contributed by atoms with van der Waals surface area (Å²) in [5.74, 6) is -0.556. The molecular formula is C77H137N2O7P. The van der Waals surface area contributed by atoms with Gasteiger partial charge in [-0.15, -0.1) is 0 Å². The highest BCUT2D eigenvalue weighted by Crippen LogP contribution is 2.38. The molecule has 0 fully saturated rings. The van der Waals surface area contributed by atoms with Crippen molar-refractivity contribution < 1.29 is 37.3 Å². The second-order valence-corrected chi connectivity index (χ2v) is 26.8. The Morgan fingerprint density at radius 1 is 0.414 bits per heavy atom. The van der Waals surface area contributed by atoms with Crippen molar-refractivity contribution in [2.75, 3.05) is 40.9 Å². The van der Waals surface area contributed by atoms with Crippen molar-refractivity contribution in [3.8, 4) is 0 Å². The van der Waals surface area contributed by atoms with E-state index in [0.717, 1.165) is 122 Å². The van der Waals surface area contributed by atoms with E-state index in [4.69, 9.17) is 13.8 Å². The highest BCUT2D eigenvalue weighted by molar-refractivity contribution is 7.45. The first-order chi connectivity index (χ1) is 42.4. The van der Waals surface area contributed by atoms with Crippen LogP contribution < -0.4 is 10.2 Å². The lowest BCUT2D eigenvalue weighted by atomic mass is 10.0. The third kappa shape index (κ3) is 66.9. The largest absolute Gasteiger partial charge is 0.756 e. The van der Waals surface area contributed by atoms with E-state index in [9.17, 15) is 19.0 Å². The van der Waals surface area contributed by atoms with Crippen molar-refractivity contribution in [3.05, 3.63) is 109 Å². The molecule has 0 aliphatic carbocycles. The van der Waals surface area contributed by atoms with Gasteiger partial charge in [0, 0.05) is 12.8 Å². The van der Waals surface area contributed by atoms with Crippen LogP contribution in [0.3, 0.4) is 0 Å². The zero-order valence-electron chi connectivity index (χ0n) is 57.4. The minimum atomic E-state index is -4.72. The molecule has 3 atom stereocenters. The van der Waals surface area contributed by atoms with E-state index in [2.05, 4.69) is 123 Å². The number of likely N-dealkylation sites (N-methyl/N-ethyl adjacent to an activating group) is 1. The standard InChI is InChI=1S/C77H137N2O7P/c1-7-10-13-16-19-22-25-28-30-32-34-36-38-39-41-43-45-47-49-52-55-58-61-64-67-70-77(81)86-75(68-65-62-59-56-53-50-27-24-21-18-15-12-9-3)74(73-85-87(82,83)84-72-71-79(4,5)6)78-76(80)69-66-63-60-57-54-51-48-46-44-42-40-37-35-33-31-29-26-23-20-17-14-11-8-2/h10,13,19-20,22-23,28-31,34,36,39,41,45,47,65,68,74-75H,7-9,11-12,14-18,21,24-27,32-33,35,37-38,40,42-44,46,48-64,66-67,69-73H2,1-6H3,(H-,78,80,82,83)/b13-10-,22-19-,23-20-,30-28-,31-29-,36-34-,41-39-,47-45-,68-65+. The first-order valence-electron chi connectivity index (χ1n) is 36.2. The Hall–Kier alpha value is -3.33. The summed E-state index contributed by atoms with van der Waals surface area (Å²) in [5.41, 5.74) is 0. The van der Waals surface area contributed by atoms with Gasteiger partial charge in [-0.05, 0) is 115 Å². The molecule has 0 heterocycles. The summed E-state index contributed by atoms with van der Waals surface area (Å²) in [6.45, 7) is 6.72. The van der Waals surface area contributed by atoms with Crippen molar-refractivity contribution >= 4 is 19.7 Å². The van der Waals surface area contributed by atoms with Gasteiger partial charge in [0.2, 0.25) is 5.91 Å². The predicted molar refractivity (Wildman–Crippen MR) is 376 cm³/mol. The number of nitrogens with one attached hydrogen (secondary N) is 1. The number of ether oxygens (including phenoxy) is 1. The van der Waals surface area contributed by atoms with Crippen LogP contribution in [0.2, 0.25) is 0 Å². The number of carbonyl (C=O) groups is 2. The number of allylic oxidation sites excluding steroid dienone is 17. The molecule has 0 radical (unpaired) electrons. The molecule has 0 aliphatic rings. The molecule has 1 N–H and O–H groups in total. The molecule has 0 aromatic rings. The molecular weight excluding hydrogens is 1100 g/mol. The Balaban J connectivity index is 5.14. The number of unbranched alkanes of at least 4 members (excludes halogenated alkanes) is 33. The van der Waals surface area contributed by atoms with E-state index < -0.39 is 26.6 Å². The van der Waals surface area contributed by atoms with Gasteiger partial charge in [-0.1, -0.05) is 297 Å².